The van der Waals surface area contributed by atoms with Crippen molar-refractivity contribution in [2.45, 2.75) is 39.3 Å². The normalized spacial score (nSPS) is 17.9. The van der Waals surface area contributed by atoms with Crippen molar-refractivity contribution in [1.82, 2.24) is 15.2 Å². The molecule has 1 fully saturated rings. The third-order valence-electron chi connectivity index (χ3n) is 5.35. The van der Waals surface area contributed by atoms with Crippen molar-refractivity contribution in [2.24, 2.45) is 0 Å². The fourth-order valence-corrected chi connectivity index (χ4v) is 3.81. The Hall–Kier alpha value is -2.80. The molecule has 3 aromatic rings. The fourth-order valence-electron chi connectivity index (χ4n) is 3.81. The molecule has 7 heteroatoms. The van der Waals surface area contributed by atoms with Crippen molar-refractivity contribution in [2.75, 3.05) is 23.3 Å². The van der Waals surface area contributed by atoms with Gasteiger partial charge in [0.1, 0.15) is 5.82 Å². The van der Waals surface area contributed by atoms with Crippen LogP contribution in [0.25, 0.3) is 10.9 Å². The van der Waals surface area contributed by atoms with E-state index in [2.05, 4.69) is 31.5 Å². The van der Waals surface area contributed by atoms with E-state index in [1.165, 1.54) is 12.1 Å². The van der Waals surface area contributed by atoms with Crippen LogP contribution in [0.15, 0.2) is 30.5 Å². The molecule has 2 atom stereocenters. The molecule has 1 saturated heterocycles. The number of hydrogen-bond acceptors (Lipinski definition) is 6. The molecule has 1 aliphatic rings. The molecule has 0 amide bonds. The lowest BCUT2D eigenvalue weighted by atomic mass is 10.0. The molecular formula is C21H24FN5O. The Balaban J connectivity index is 1.70. The predicted molar refractivity (Wildman–Crippen MR) is 108 cm³/mol. The highest BCUT2D eigenvalue weighted by Crippen LogP contribution is 2.30. The highest BCUT2D eigenvalue weighted by molar-refractivity contribution is 5.92. The second-order valence-electron chi connectivity index (χ2n) is 7.48. The quantitative estimate of drug-likeness (QED) is 0.720. The number of nitrogens with one attached hydrogen (secondary N) is 1. The van der Waals surface area contributed by atoms with Gasteiger partial charge in [-0.05, 0) is 56.5 Å². The van der Waals surface area contributed by atoms with Gasteiger partial charge >= 0.3 is 0 Å². The molecule has 1 aromatic carbocycles. The summed E-state index contributed by atoms with van der Waals surface area (Å²) < 4.78 is 13.4. The molecule has 6 nitrogen and oxygen atoms in total. The molecule has 0 spiro atoms. The lowest BCUT2D eigenvalue weighted by molar-refractivity contribution is 0.198. The minimum absolute atomic E-state index is 0.0712. The fraction of sp³-hybridized carbons (Fsp3) is 0.381. The van der Waals surface area contributed by atoms with Crippen molar-refractivity contribution in [3.63, 3.8) is 0 Å². The number of β-amino-alcohol motifs (C(OH)–C–C–N with tert-alkyl or cyclic N) is 1. The number of aliphatic hydroxyl groups is 1. The van der Waals surface area contributed by atoms with E-state index < -0.39 is 0 Å². The van der Waals surface area contributed by atoms with Gasteiger partial charge in [-0.3, -0.25) is 4.98 Å². The van der Waals surface area contributed by atoms with E-state index in [0.29, 0.717) is 12.4 Å². The molecule has 3 heterocycles. The summed E-state index contributed by atoms with van der Waals surface area (Å²) in [5.41, 5.74) is 4.41. The van der Waals surface area contributed by atoms with Crippen molar-refractivity contribution < 1.29 is 9.50 Å². The van der Waals surface area contributed by atoms with Crippen LogP contribution in [0.3, 0.4) is 0 Å². The number of benzene rings is 1. The number of rotatable bonds is 4. The number of aromatic nitrogens is 3. The van der Waals surface area contributed by atoms with Gasteiger partial charge in [-0.25, -0.2) is 4.39 Å². The summed E-state index contributed by atoms with van der Waals surface area (Å²) in [6.45, 7) is 7.22. The van der Waals surface area contributed by atoms with E-state index in [9.17, 15) is 9.50 Å². The smallest absolute Gasteiger partial charge is 0.158 e. The van der Waals surface area contributed by atoms with Crippen LogP contribution in [0.2, 0.25) is 0 Å². The molecule has 2 N–H and O–H groups in total. The van der Waals surface area contributed by atoms with Crippen LogP contribution < -0.4 is 10.2 Å². The maximum absolute atomic E-state index is 13.4. The first-order valence-electron chi connectivity index (χ1n) is 9.51. The first-order chi connectivity index (χ1) is 13.4. The van der Waals surface area contributed by atoms with Crippen LogP contribution in [0.1, 0.15) is 36.2 Å². The Morgan fingerprint density at radius 1 is 1.25 bits per heavy atom. The van der Waals surface area contributed by atoms with Gasteiger partial charge in [0.15, 0.2) is 5.82 Å². The highest BCUT2D eigenvalue weighted by Gasteiger charge is 2.22. The molecule has 0 radical (unpaired) electrons. The van der Waals surface area contributed by atoms with Gasteiger partial charge in [-0.2, -0.15) is 5.10 Å². The molecule has 0 aliphatic carbocycles. The number of pyridine rings is 1. The summed E-state index contributed by atoms with van der Waals surface area (Å²) in [6, 6.07) is 6.77. The Labute approximate surface area is 163 Å². The molecule has 0 saturated carbocycles. The molecule has 0 bridgehead atoms. The van der Waals surface area contributed by atoms with E-state index in [1.807, 2.05) is 27.0 Å². The van der Waals surface area contributed by atoms with Crippen molar-refractivity contribution in [3.05, 3.63) is 53.1 Å². The summed E-state index contributed by atoms with van der Waals surface area (Å²) in [7, 11) is 0. The van der Waals surface area contributed by atoms with Crippen molar-refractivity contribution in [3.8, 4) is 0 Å². The second kappa shape index (κ2) is 7.31. The monoisotopic (exact) mass is 381 g/mol. The van der Waals surface area contributed by atoms with Crippen molar-refractivity contribution >= 4 is 22.4 Å². The molecule has 0 unspecified atom stereocenters. The van der Waals surface area contributed by atoms with E-state index in [4.69, 9.17) is 0 Å². The maximum atomic E-state index is 13.4. The Morgan fingerprint density at radius 3 is 2.79 bits per heavy atom. The average Bonchev–Trinajstić information content (AvgIpc) is 3.10. The zero-order valence-electron chi connectivity index (χ0n) is 16.3. The maximum Gasteiger partial charge on any atom is 0.158 e. The van der Waals surface area contributed by atoms with E-state index in [1.54, 1.807) is 6.07 Å². The van der Waals surface area contributed by atoms with Gasteiger partial charge in [0.25, 0.3) is 0 Å². The summed E-state index contributed by atoms with van der Waals surface area (Å²) >= 11 is 0. The van der Waals surface area contributed by atoms with Crippen LogP contribution in [0, 0.1) is 19.7 Å². The van der Waals surface area contributed by atoms with E-state index in [-0.39, 0.29) is 18.0 Å². The number of fused-ring (bicyclic) bond motifs is 1. The summed E-state index contributed by atoms with van der Waals surface area (Å²) in [6.07, 6.45) is 2.29. The minimum Gasteiger partial charge on any atom is -0.391 e. The Morgan fingerprint density at radius 2 is 2.07 bits per heavy atom. The first-order valence-corrected chi connectivity index (χ1v) is 9.51. The zero-order chi connectivity index (χ0) is 19.8. The van der Waals surface area contributed by atoms with Crippen LogP contribution in [-0.4, -0.2) is 39.5 Å². The lowest BCUT2D eigenvalue weighted by Gasteiger charge is -2.20. The zero-order valence-corrected chi connectivity index (χ0v) is 16.3. The van der Waals surface area contributed by atoms with Crippen LogP contribution in [-0.2, 0) is 0 Å². The van der Waals surface area contributed by atoms with Gasteiger partial charge in [0.2, 0.25) is 0 Å². The van der Waals surface area contributed by atoms with Gasteiger partial charge in [0.05, 0.1) is 35.2 Å². The predicted octanol–water partition coefficient (Wildman–Crippen LogP) is 3.52. The topological polar surface area (TPSA) is 74.2 Å². The molecular weight excluding hydrogens is 357 g/mol. The number of halogens is 1. The van der Waals surface area contributed by atoms with Gasteiger partial charge in [-0.1, -0.05) is 6.07 Å². The summed E-state index contributed by atoms with van der Waals surface area (Å²) in [5, 5.41) is 22.7. The third kappa shape index (κ3) is 3.49. The van der Waals surface area contributed by atoms with Crippen LogP contribution in [0.5, 0.6) is 0 Å². The van der Waals surface area contributed by atoms with Gasteiger partial charge in [0, 0.05) is 18.5 Å². The average molecular weight is 381 g/mol. The summed E-state index contributed by atoms with van der Waals surface area (Å²) in [5.74, 6) is 0.404. The van der Waals surface area contributed by atoms with E-state index in [0.717, 1.165) is 46.4 Å². The van der Waals surface area contributed by atoms with E-state index >= 15 is 0 Å². The van der Waals surface area contributed by atoms with Crippen molar-refractivity contribution in [1.29, 1.82) is 0 Å². The Bertz CT molecular complexity index is 1030. The highest BCUT2D eigenvalue weighted by atomic mass is 19.1. The second-order valence-corrected chi connectivity index (χ2v) is 7.48. The molecule has 146 valence electrons. The number of nitrogens with zero attached hydrogens (tertiary/aromatic N) is 4. The molecule has 28 heavy (non-hydrogen) atoms. The number of anilines is 2. The number of hydrogen-bond donors (Lipinski definition) is 2. The lowest BCUT2D eigenvalue weighted by Crippen LogP contribution is -2.21. The minimum atomic E-state index is -0.299. The largest absolute Gasteiger partial charge is 0.391 e. The van der Waals surface area contributed by atoms with Gasteiger partial charge < -0.3 is 15.3 Å². The standard InChI is InChI=1S/C21H24FN5O/c1-12-8-15(22)4-5-18(12)13(2)24-21-19-9-16(27-7-6-17(28)11-27)10-23-20(19)14(3)25-26-21/h4-5,8-10,13,17,28H,6-7,11H2,1-3H3,(H,24,26)/t13-,17+/m1/s1. The molecule has 2 aromatic heterocycles. The Kier molecular flexibility index (Phi) is 4.85. The molecule has 1 aliphatic heterocycles. The number of aliphatic hydroxyl groups excluding tert-OH is 1. The third-order valence-corrected chi connectivity index (χ3v) is 5.35. The molecule has 4 rings (SSSR count). The SMILES string of the molecule is Cc1cc(F)ccc1[C@@H](C)Nc1nnc(C)c2ncc(N3CC[C@H](O)C3)cc12. The van der Waals surface area contributed by atoms with Gasteiger partial charge in [-0.15, -0.1) is 5.10 Å². The number of aryl methyl sites for hydroxylation is 2. The van der Waals surface area contributed by atoms with Crippen LogP contribution in [0.4, 0.5) is 15.9 Å². The first kappa shape index (κ1) is 18.6. The summed E-state index contributed by atoms with van der Waals surface area (Å²) in [4.78, 5) is 6.73. The van der Waals surface area contributed by atoms with Crippen LogP contribution >= 0.6 is 0 Å².